The van der Waals surface area contributed by atoms with E-state index in [0.29, 0.717) is 25.2 Å². The van der Waals surface area contributed by atoms with Crippen molar-refractivity contribution in [2.75, 3.05) is 18.5 Å². The summed E-state index contributed by atoms with van der Waals surface area (Å²) in [5.74, 6) is 0.707. The molecular formula is C31H51NO4. The number of carbonyl (C=O) groups is 3. The minimum Gasteiger partial charge on any atom is -0.466 e. The number of Topliss-reactive ketones (excluding diaryl/α,β-unsaturated/α-hetero) is 2. The monoisotopic (exact) mass is 501 g/mol. The van der Waals surface area contributed by atoms with Gasteiger partial charge in [0.05, 0.1) is 6.61 Å². The molecule has 5 nitrogen and oxygen atoms in total. The van der Waals surface area contributed by atoms with Gasteiger partial charge in [-0.05, 0) is 63.5 Å². The van der Waals surface area contributed by atoms with Gasteiger partial charge in [-0.25, -0.2) is 0 Å². The van der Waals surface area contributed by atoms with Crippen LogP contribution in [0.4, 0.5) is 5.69 Å². The van der Waals surface area contributed by atoms with Crippen molar-refractivity contribution >= 4 is 23.2 Å². The first-order valence-electron chi connectivity index (χ1n) is 13.9. The summed E-state index contributed by atoms with van der Waals surface area (Å²) in [6.45, 7) is 17.3. The second-order valence-corrected chi connectivity index (χ2v) is 9.53. The van der Waals surface area contributed by atoms with Crippen LogP contribution >= 0.6 is 0 Å². The van der Waals surface area contributed by atoms with Gasteiger partial charge in [-0.3, -0.25) is 14.4 Å². The van der Waals surface area contributed by atoms with Crippen molar-refractivity contribution in [1.82, 2.24) is 0 Å². The summed E-state index contributed by atoms with van der Waals surface area (Å²) >= 11 is 0. The van der Waals surface area contributed by atoms with Crippen molar-refractivity contribution < 1.29 is 19.1 Å². The van der Waals surface area contributed by atoms with Gasteiger partial charge >= 0.3 is 5.97 Å². The summed E-state index contributed by atoms with van der Waals surface area (Å²) < 4.78 is 5.14. The zero-order valence-corrected chi connectivity index (χ0v) is 23.8. The number of unbranched alkanes of at least 4 members (excludes halogenated alkanes) is 2. The normalized spacial score (nSPS) is 11.2. The van der Waals surface area contributed by atoms with E-state index in [1.165, 1.54) is 5.57 Å². The second-order valence-electron chi connectivity index (χ2n) is 9.53. The van der Waals surface area contributed by atoms with Gasteiger partial charge in [0.15, 0.2) is 5.78 Å². The molecule has 0 aliphatic heterocycles. The Kier molecular flexibility index (Phi) is 19.3. The highest BCUT2D eigenvalue weighted by molar-refractivity contribution is 5.98. The topological polar surface area (TPSA) is 72.5 Å². The molecule has 0 spiro atoms. The van der Waals surface area contributed by atoms with Crippen molar-refractivity contribution in [1.29, 1.82) is 0 Å². The van der Waals surface area contributed by atoms with Gasteiger partial charge in [-0.1, -0.05) is 58.7 Å². The number of ether oxygens (including phenoxy) is 1. The average Bonchev–Trinajstić information content (AvgIpc) is 2.86. The first kappa shape index (κ1) is 33.6. The fourth-order valence-corrected chi connectivity index (χ4v) is 3.72. The van der Waals surface area contributed by atoms with Crippen molar-refractivity contribution in [3.8, 4) is 0 Å². The molecule has 1 atom stereocenters. The maximum Gasteiger partial charge on any atom is 0.305 e. The lowest BCUT2D eigenvalue weighted by Crippen LogP contribution is -2.10. The van der Waals surface area contributed by atoms with Crippen LogP contribution in [0.15, 0.2) is 30.4 Å². The minimum atomic E-state index is -0.103. The second kappa shape index (κ2) is 20.7. The van der Waals surface area contributed by atoms with Crippen LogP contribution in [-0.4, -0.2) is 30.7 Å². The fraction of sp³-hybridized carbons (Fsp3) is 0.645. The van der Waals surface area contributed by atoms with Crippen LogP contribution in [0, 0.1) is 5.92 Å². The van der Waals surface area contributed by atoms with E-state index in [2.05, 4.69) is 25.7 Å². The number of hydrogen-bond donors (Lipinski definition) is 1. The molecule has 1 rings (SSSR count). The summed E-state index contributed by atoms with van der Waals surface area (Å²) in [6, 6.07) is 5.85. The van der Waals surface area contributed by atoms with E-state index in [-0.39, 0.29) is 17.7 Å². The third kappa shape index (κ3) is 14.9. The first-order valence-corrected chi connectivity index (χ1v) is 13.9. The van der Waals surface area contributed by atoms with Crippen molar-refractivity contribution in [3.05, 3.63) is 41.5 Å². The minimum absolute atomic E-state index is 0.103. The van der Waals surface area contributed by atoms with Crippen LogP contribution in [0.5, 0.6) is 0 Å². The molecule has 1 unspecified atom stereocenters. The van der Waals surface area contributed by atoms with Gasteiger partial charge in [0, 0.05) is 43.0 Å². The molecule has 0 heterocycles. The number of rotatable bonds is 18. The van der Waals surface area contributed by atoms with Crippen LogP contribution in [0.3, 0.4) is 0 Å². The van der Waals surface area contributed by atoms with Gasteiger partial charge in [-0.2, -0.15) is 0 Å². The average molecular weight is 502 g/mol. The molecule has 36 heavy (non-hydrogen) atoms. The van der Waals surface area contributed by atoms with Crippen LogP contribution < -0.4 is 5.32 Å². The summed E-state index contributed by atoms with van der Waals surface area (Å²) in [4.78, 5) is 34.9. The smallest absolute Gasteiger partial charge is 0.305 e. The molecule has 0 aromatic heterocycles. The highest BCUT2D eigenvalue weighted by Crippen LogP contribution is 2.22. The number of nitrogens with one attached hydrogen (secondary N) is 1. The highest BCUT2D eigenvalue weighted by atomic mass is 16.5. The summed E-state index contributed by atoms with van der Waals surface area (Å²) in [5, 5.41) is 3.41. The molecule has 5 heteroatoms. The maximum absolute atomic E-state index is 12.0. The van der Waals surface area contributed by atoms with Gasteiger partial charge in [0.25, 0.3) is 0 Å². The van der Waals surface area contributed by atoms with Gasteiger partial charge in [0.1, 0.15) is 5.78 Å². The number of esters is 1. The van der Waals surface area contributed by atoms with Gasteiger partial charge < -0.3 is 10.1 Å². The van der Waals surface area contributed by atoms with E-state index in [1.807, 2.05) is 45.9 Å². The quantitative estimate of drug-likeness (QED) is 0.0951. The lowest BCUT2D eigenvalue weighted by molar-refractivity contribution is -0.143. The zero-order chi connectivity index (χ0) is 27.3. The molecule has 0 radical (unpaired) electrons. The van der Waals surface area contributed by atoms with Crippen LogP contribution in [0.2, 0.25) is 0 Å². The van der Waals surface area contributed by atoms with E-state index in [1.54, 1.807) is 0 Å². The Morgan fingerprint density at radius 3 is 2.28 bits per heavy atom. The Balaban J connectivity index is 0.000000860. The van der Waals surface area contributed by atoms with Gasteiger partial charge in [-0.15, -0.1) is 6.58 Å². The summed E-state index contributed by atoms with van der Waals surface area (Å²) in [6.07, 6.45) is 9.16. The Morgan fingerprint density at radius 2 is 1.69 bits per heavy atom. The third-order valence-electron chi connectivity index (χ3n) is 6.09. The Labute approximate surface area is 220 Å². The van der Waals surface area contributed by atoms with Crippen molar-refractivity contribution in [2.45, 2.75) is 112 Å². The Bertz CT molecular complexity index is 800. The zero-order valence-electron chi connectivity index (χ0n) is 23.8. The number of allylic oxidation sites excluding steroid dienone is 1. The van der Waals surface area contributed by atoms with E-state index in [4.69, 9.17) is 4.74 Å². The van der Waals surface area contributed by atoms with Crippen LogP contribution in [-0.2, 0) is 20.7 Å². The molecule has 0 fully saturated rings. The number of anilines is 1. The van der Waals surface area contributed by atoms with E-state index in [9.17, 15) is 14.4 Å². The molecular weight excluding hydrogens is 450 g/mol. The number of benzene rings is 1. The molecule has 0 saturated carbocycles. The molecule has 0 saturated heterocycles. The maximum atomic E-state index is 12.0. The number of hydrogen-bond acceptors (Lipinski definition) is 5. The molecule has 1 aromatic carbocycles. The molecule has 1 aromatic rings. The van der Waals surface area contributed by atoms with E-state index >= 15 is 0 Å². The van der Waals surface area contributed by atoms with E-state index < -0.39 is 0 Å². The summed E-state index contributed by atoms with van der Waals surface area (Å²) in [7, 11) is 0. The van der Waals surface area contributed by atoms with E-state index in [0.717, 1.165) is 81.1 Å². The van der Waals surface area contributed by atoms with Crippen molar-refractivity contribution in [3.63, 3.8) is 0 Å². The Hall–Kier alpha value is -2.43. The van der Waals surface area contributed by atoms with Gasteiger partial charge in [0.2, 0.25) is 0 Å². The molecule has 0 aliphatic carbocycles. The highest BCUT2D eigenvalue weighted by Gasteiger charge is 2.12. The molecule has 204 valence electrons. The predicted molar refractivity (Wildman–Crippen MR) is 152 cm³/mol. The van der Waals surface area contributed by atoms with Crippen LogP contribution in [0.25, 0.3) is 0 Å². The Morgan fingerprint density at radius 1 is 0.972 bits per heavy atom. The molecule has 0 amide bonds. The number of carbonyl (C=O) groups excluding carboxylic acids is 3. The first-order chi connectivity index (χ1) is 17.2. The lowest BCUT2D eigenvalue weighted by Gasteiger charge is -2.14. The largest absolute Gasteiger partial charge is 0.466 e. The SMILES string of the molecule is C=C(C)CCC(C)C(=O)CCC.CCCCOC(=O)CCCCNc1cccc(C(=O)CC)c1CC. The van der Waals surface area contributed by atoms with Crippen molar-refractivity contribution in [2.24, 2.45) is 5.92 Å². The third-order valence-corrected chi connectivity index (χ3v) is 6.09. The molecule has 1 N–H and O–H groups in total. The lowest BCUT2D eigenvalue weighted by atomic mass is 9.96. The molecule has 0 bridgehead atoms. The number of ketones is 2. The van der Waals surface area contributed by atoms with Crippen LogP contribution in [0.1, 0.15) is 122 Å². The predicted octanol–water partition coefficient (Wildman–Crippen LogP) is 8.12. The standard InChI is InChI=1S/C20H31NO3.C11H20O/c1-4-7-15-24-20(23)13-8-9-14-21-18-12-10-11-17(16(18)5-2)19(22)6-3;1-5-6-11(12)10(4)8-7-9(2)3/h10-12,21H,4-9,13-15H2,1-3H3;10H,2,5-8H2,1,3-4H3. The molecule has 0 aliphatic rings. The fourth-order valence-electron chi connectivity index (χ4n) is 3.72. The summed E-state index contributed by atoms with van der Waals surface area (Å²) in [5.41, 5.74) is 4.11.